The molecule has 0 bridgehead atoms. The predicted octanol–water partition coefficient (Wildman–Crippen LogP) is -4.07. The number of carboxylic acid groups (broad SMARTS) is 4. The lowest BCUT2D eigenvalue weighted by Gasteiger charge is -2.29. The first-order valence-corrected chi connectivity index (χ1v) is 39.8. The van der Waals surface area contributed by atoms with E-state index in [1.807, 2.05) is 0 Å². The highest BCUT2D eigenvalue weighted by atomic mass is 16.4. The molecule has 666 valence electrons. The number of hydrogen-bond donors (Lipinski definition) is 26. The molecule has 121 heavy (non-hydrogen) atoms. The van der Waals surface area contributed by atoms with E-state index in [9.17, 15) is 103 Å². The van der Waals surface area contributed by atoms with Gasteiger partial charge in [-0.2, -0.15) is 0 Å². The van der Waals surface area contributed by atoms with Crippen LogP contribution in [0.3, 0.4) is 0 Å². The van der Waals surface area contributed by atoms with E-state index in [0.29, 0.717) is 47.7 Å². The summed E-state index contributed by atoms with van der Waals surface area (Å²) in [5, 5.41) is 110. The Morgan fingerprint density at radius 2 is 0.785 bits per heavy atom. The van der Waals surface area contributed by atoms with Crippen LogP contribution in [0.1, 0.15) is 141 Å². The molecule has 0 unspecified atom stereocenters. The third kappa shape index (κ3) is 35.6. The molecule has 1 aromatic heterocycles. The van der Waals surface area contributed by atoms with Crippen LogP contribution in [-0.2, 0) is 96.0 Å². The molecule has 12 amide bonds. The number of aromatic hydroxyl groups is 1. The number of aliphatic hydroxyl groups excluding tert-OH is 2. The summed E-state index contributed by atoms with van der Waals surface area (Å²) in [5.41, 5.74) is 24.5. The number of phenols is 1. The monoisotopic (exact) mass is 1700 g/mol. The van der Waals surface area contributed by atoms with Crippen molar-refractivity contribution in [1.82, 2.24) is 74.1 Å². The number of para-hydroxylation sites is 1. The van der Waals surface area contributed by atoms with Gasteiger partial charge in [0.05, 0.1) is 13.2 Å². The molecule has 0 fully saturated rings. The Morgan fingerprint density at radius 3 is 1.23 bits per heavy atom. The van der Waals surface area contributed by atoms with E-state index in [4.69, 9.17) is 28.3 Å². The molecule has 42 nitrogen and oxygen atoms in total. The largest absolute Gasteiger partial charge is 0.508 e. The minimum Gasteiger partial charge on any atom is -0.508 e. The number of rotatable bonds is 57. The van der Waals surface area contributed by atoms with Gasteiger partial charge < -0.3 is 133 Å². The van der Waals surface area contributed by atoms with Crippen LogP contribution < -0.4 is 92.1 Å². The van der Waals surface area contributed by atoms with Gasteiger partial charge in [0, 0.05) is 62.2 Å². The summed E-state index contributed by atoms with van der Waals surface area (Å²) in [5.74, 6) is -21.0. The number of aliphatic carboxylic acids is 4. The number of aromatic nitrogens is 1. The van der Waals surface area contributed by atoms with Crippen LogP contribution in [0.5, 0.6) is 5.75 Å². The fourth-order valence-electron chi connectivity index (χ4n) is 12.5. The quantitative estimate of drug-likeness (QED) is 0.0114. The Labute approximate surface area is 697 Å². The van der Waals surface area contributed by atoms with E-state index >= 15 is 9.59 Å². The fraction of sp³-hybridized carbons (Fsp3) is 0.532. The maximum absolute atomic E-state index is 15.1. The van der Waals surface area contributed by atoms with E-state index in [1.54, 1.807) is 67.7 Å². The van der Waals surface area contributed by atoms with Gasteiger partial charge in [-0.05, 0) is 130 Å². The number of phenolic OH excluding ortho intramolecular Hbond substituents is 1. The average molecular weight is 1700 g/mol. The molecule has 0 saturated carbocycles. The number of carboxylic acids is 4. The number of benzene rings is 3. The van der Waals surface area contributed by atoms with Crippen molar-refractivity contribution in [1.29, 1.82) is 5.41 Å². The number of aromatic amines is 1. The molecule has 0 radical (unpaired) electrons. The van der Waals surface area contributed by atoms with Gasteiger partial charge in [-0.25, -0.2) is 4.79 Å². The lowest BCUT2D eigenvalue weighted by Crippen LogP contribution is -2.62. The van der Waals surface area contributed by atoms with Gasteiger partial charge >= 0.3 is 23.9 Å². The van der Waals surface area contributed by atoms with Gasteiger partial charge in [0.1, 0.15) is 84.3 Å². The molecule has 30 N–H and O–H groups in total. The molecule has 0 aliphatic heterocycles. The second kappa shape index (κ2) is 52.5. The number of nitrogens with two attached hydrogens (primary N) is 4. The van der Waals surface area contributed by atoms with Crippen molar-refractivity contribution in [3.05, 3.63) is 102 Å². The van der Waals surface area contributed by atoms with E-state index in [2.05, 4.69) is 74.1 Å². The van der Waals surface area contributed by atoms with Crippen molar-refractivity contribution < 1.29 is 112 Å². The molecule has 4 aromatic rings. The Bertz CT molecular complexity index is 4150. The van der Waals surface area contributed by atoms with Crippen LogP contribution in [0, 0.1) is 17.2 Å². The number of carbonyl (C=O) groups excluding carboxylic acids is 12. The minimum atomic E-state index is -1.93. The number of hydrogen-bond acceptors (Lipinski definition) is 23. The standard InChI is InChI=1S/C79H117N19O23/c1-5-43(4)65(98-71(113)54(28-31-62(104)105)87-66(108)49(82)40-99)77(119)96-60(41-100)75(117)94-58(37-45-23-25-47(101)26-24-45)73(115)90-55(29-32-63(106)107)70(112)97-64(42(2)3)76(118)91-53(27-30-61(102)103)69(111)93-57(36-44-16-7-6-8-17-44)72(114)89-52(22-15-35-85-79(83)84)68(110)95-59(38-46-39-86-50-19-10-9-18-48(46)50)74(116)88-51(20-11-13-33-80)67(109)92-56(78(120)121)21-12-14-34-81/h6-10,16-19,23-26,39,42-43,49,51-60,64-65,86,99-101H,5,11-15,20-22,27-38,40-41,80-82H2,1-4H3,(H,87,108)(H,88,116)(H,89,114)(H,90,115)(H,91,118)(H,92,109)(H,93,111)(H,94,117)(H,95,110)(H,96,119)(H,97,112)(H,98,113)(H,102,103)(H,104,105)(H,106,107)(H,120,121)(H4,83,84,85)/t43-,49-,51-,52-,53-,54-,55-,56-,57-,58-,59-,60-,64-,65-/m0/s1. The number of guanidine groups is 1. The summed E-state index contributed by atoms with van der Waals surface area (Å²) in [6, 6.07) is -1.24. The summed E-state index contributed by atoms with van der Waals surface area (Å²) < 4.78 is 0. The maximum atomic E-state index is 15.1. The lowest BCUT2D eigenvalue weighted by molar-refractivity contribution is -0.142. The van der Waals surface area contributed by atoms with Crippen molar-refractivity contribution >= 4 is 112 Å². The number of amides is 12. The minimum absolute atomic E-state index is 0.0101. The summed E-state index contributed by atoms with van der Waals surface area (Å²) in [4.78, 5) is 224. The van der Waals surface area contributed by atoms with Crippen LogP contribution in [-0.4, -0.2) is 253 Å². The number of fused-ring (bicyclic) bond motifs is 1. The molecule has 0 saturated heterocycles. The molecule has 0 spiro atoms. The summed E-state index contributed by atoms with van der Waals surface area (Å²) in [6.07, 6.45) is -2.13. The Balaban J connectivity index is 1.71. The molecular formula is C79H117N19O23. The Morgan fingerprint density at radius 1 is 0.413 bits per heavy atom. The summed E-state index contributed by atoms with van der Waals surface area (Å²) in [6.45, 7) is 4.43. The first-order valence-electron chi connectivity index (χ1n) is 39.8. The highest BCUT2D eigenvalue weighted by Gasteiger charge is 2.39. The summed E-state index contributed by atoms with van der Waals surface area (Å²) in [7, 11) is 0. The highest BCUT2D eigenvalue weighted by Crippen LogP contribution is 2.22. The number of carbonyl (C=O) groups is 16. The van der Waals surface area contributed by atoms with Gasteiger partial charge in [-0.15, -0.1) is 0 Å². The van der Waals surface area contributed by atoms with Crippen LogP contribution in [0.15, 0.2) is 85.1 Å². The van der Waals surface area contributed by atoms with Gasteiger partial charge in [-0.3, -0.25) is 77.3 Å². The molecule has 42 heteroatoms. The topological polar surface area (TPSA) is 715 Å². The Hall–Kier alpha value is -12.4. The third-order valence-electron chi connectivity index (χ3n) is 19.6. The van der Waals surface area contributed by atoms with Crippen LogP contribution in [0.25, 0.3) is 10.9 Å². The molecule has 0 aliphatic carbocycles. The molecular weight excluding hydrogens is 1580 g/mol. The van der Waals surface area contributed by atoms with E-state index in [0.717, 1.165) is 0 Å². The lowest BCUT2D eigenvalue weighted by atomic mass is 9.97. The second-order valence-electron chi connectivity index (χ2n) is 29.5. The van der Waals surface area contributed by atoms with E-state index in [-0.39, 0.29) is 75.9 Å². The Kier molecular flexibility index (Phi) is 43.8. The van der Waals surface area contributed by atoms with Gasteiger partial charge in [0.2, 0.25) is 70.9 Å². The zero-order valence-electron chi connectivity index (χ0n) is 68.0. The fourth-order valence-corrected chi connectivity index (χ4v) is 12.5. The number of nitrogens with one attached hydrogen (secondary N) is 15. The normalized spacial score (nSPS) is 14.6. The maximum Gasteiger partial charge on any atom is 0.326 e. The number of unbranched alkanes of at least 4 members (excludes halogenated alkanes) is 2. The zero-order valence-corrected chi connectivity index (χ0v) is 68.0. The average Bonchev–Trinajstić information content (AvgIpc) is 1.61. The molecule has 1 heterocycles. The number of aliphatic hydroxyl groups is 2. The first-order chi connectivity index (χ1) is 57.4. The SMILES string of the molecule is CC[C@H](C)[C@H](NC(=O)[C@H](CCC(=O)O)NC(=O)[C@@H](N)CO)C(=O)N[C@@H](CO)C(=O)N[C@@H](Cc1ccc(O)cc1)C(=O)N[C@@H](CCC(=O)O)C(=O)N[C@H](C(=O)N[C@@H](CCC(=O)O)C(=O)N[C@@H](Cc1ccccc1)C(=O)N[C@@H](CCCNC(=N)N)C(=O)N[C@@H](Cc1c[nH]c2ccccc12)C(=O)N[C@@H](CCCCN)C(=O)N[C@@H](CCCCN)C(=O)O)C(C)C. The van der Waals surface area contributed by atoms with Crippen molar-refractivity contribution in [2.24, 2.45) is 34.8 Å². The molecule has 4 rings (SSSR count). The molecule has 0 aliphatic rings. The third-order valence-corrected chi connectivity index (χ3v) is 19.6. The van der Waals surface area contributed by atoms with Gasteiger partial charge in [0.25, 0.3) is 0 Å². The van der Waals surface area contributed by atoms with E-state index in [1.165, 1.54) is 45.0 Å². The smallest absolute Gasteiger partial charge is 0.326 e. The van der Waals surface area contributed by atoms with Crippen molar-refractivity contribution in [2.45, 2.75) is 222 Å². The second-order valence-corrected chi connectivity index (χ2v) is 29.5. The van der Waals surface area contributed by atoms with Gasteiger partial charge in [-0.1, -0.05) is 94.8 Å². The number of H-pyrrole nitrogens is 1. The molecule has 3 aromatic carbocycles. The summed E-state index contributed by atoms with van der Waals surface area (Å²) >= 11 is 0. The van der Waals surface area contributed by atoms with Crippen molar-refractivity contribution in [3.8, 4) is 5.75 Å². The van der Waals surface area contributed by atoms with Crippen LogP contribution in [0.4, 0.5) is 0 Å². The zero-order chi connectivity index (χ0) is 90.0. The van der Waals surface area contributed by atoms with E-state index < -0.39 is 249 Å². The van der Waals surface area contributed by atoms with Crippen molar-refractivity contribution in [2.75, 3.05) is 32.8 Å². The van der Waals surface area contributed by atoms with Crippen LogP contribution >= 0.6 is 0 Å². The highest BCUT2D eigenvalue weighted by molar-refractivity contribution is 6.01. The van der Waals surface area contributed by atoms with Crippen LogP contribution in [0.2, 0.25) is 0 Å². The first kappa shape index (κ1) is 101. The predicted molar refractivity (Wildman–Crippen MR) is 437 cm³/mol. The van der Waals surface area contributed by atoms with Gasteiger partial charge in [0.15, 0.2) is 5.96 Å². The molecule has 14 atom stereocenters. The van der Waals surface area contributed by atoms with Crippen molar-refractivity contribution in [3.63, 3.8) is 0 Å².